The number of Topliss-reactive ketones (excluding diaryl/α,β-unsaturated/α-hetero) is 1. The van der Waals surface area contributed by atoms with E-state index in [0.29, 0.717) is 6.54 Å². The van der Waals surface area contributed by atoms with Gasteiger partial charge in [0.25, 0.3) is 0 Å². The summed E-state index contributed by atoms with van der Waals surface area (Å²) in [5.74, 6) is 0.417. The third-order valence-electron chi connectivity index (χ3n) is 1.34. The predicted molar refractivity (Wildman–Crippen MR) is 53.5 cm³/mol. The van der Waals surface area contributed by atoms with E-state index >= 15 is 0 Å². The van der Waals surface area contributed by atoms with Gasteiger partial charge in [-0.3, -0.25) is 0 Å². The molecular formula is C10H21NOY-2. The van der Waals surface area contributed by atoms with Crippen molar-refractivity contribution in [1.29, 1.82) is 0 Å². The summed E-state index contributed by atoms with van der Waals surface area (Å²) >= 11 is 0. The van der Waals surface area contributed by atoms with Gasteiger partial charge in [0.1, 0.15) is 0 Å². The largest absolute Gasteiger partial charge is 0.339 e. The molecule has 0 aliphatic carbocycles. The maximum Gasteiger partial charge on any atom is 0 e. The van der Waals surface area contributed by atoms with Gasteiger partial charge in [-0.05, 0) is 19.3 Å². The van der Waals surface area contributed by atoms with E-state index in [1.54, 1.807) is 13.3 Å². The average Bonchev–Trinajstić information content (AvgIpc) is 2.07. The van der Waals surface area contributed by atoms with Gasteiger partial charge in [0, 0.05) is 32.7 Å². The van der Waals surface area contributed by atoms with E-state index < -0.39 is 0 Å². The molecule has 0 aromatic heterocycles. The Morgan fingerprint density at radius 1 is 1.54 bits per heavy atom. The van der Waals surface area contributed by atoms with Gasteiger partial charge in [0.05, 0.1) is 0 Å². The van der Waals surface area contributed by atoms with Crippen molar-refractivity contribution in [2.24, 2.45) is 11.7 Å². The van der Waals surface area contributed by atoms with E-state index in [0.717, 1.165) is 12.8 Å². The van der Waals surface area contributed by atoms with Crippen molar-refractivity contribution in [1.82, 2.24) is 0 Å². The second-order valence-corrected chi connectivity index (χ2v) is 2.49. The summed E-state index contributed by atoms with van der Waals surface area (Å²) in [6.45, 7) is 9.96. The van der Waals surface area contributed by atoms with E-state index in [1.165, 1.54) is 0 Å². The van der Waals surface area contributed by atoms with E-state index in [2.05, 4.69) is 6.92 Å². The molecule has 2 N–H and O–H groups in total. The van der Waals surface area contributed by atoms with E-state index in [-0.39, 0.29) is 44.4 Å². The maximum absolute atomic E-state index is 10.4. The van der Waals surface area contributed by atoms with Crippen LogP contribution in [0.4, 0.5) is 0 Å². The fourth-order valence-electron chi connectivity index (χ4n) is 0.640. The third kappa shape index (κ3) is 19.1. The minimum atomic E-state index is 0. The number of hydrogen-bond acceptors (Lipinski definition) is 2. The van der Waals surface area contributed by atoms with E-state index in [4.69, 9.17) is 5.73 Å². The number of hydrogen-bond donors (Lipinski definition) is 1. The molecule has 1 unspecified atom stereocenters. The van der Waals surface area contributed by atoms with Crippen LogP contribution in [0, 0.1) is 19.3 Å². The Hall–Kier alpha value is 0.604. The third-order valence-corrected chi connectivity index (χ3v) is 1.34. The summed E-state index contributed by atoms with van der Waals surface area (Å²) in [5.41, 5.74) is 5.33. The van der Waals surface area contributed by atoms with Crippen molar-refractivity contribution in [3.8, 4) is 0 Å². The zero-order chi connectivity index (χ0) is 9.98. The Morgan fingerprint density at radius 2 is 2.00 bits per heavy atom. The molecule has 2 nitrogen and oxygen atoms in total. The molecule has 1 radical (unpaired) electrons. The molecule has 3 heteroatoms. The smallest absolute Gasteiger partial charge is 0 e. The van der Waals surface area contributed by atoms with Crippen molar-refractivity contribution in [2.45, 2.75) is 33.6 Å². The summed E-state index contributed by atoms with van der Waals surface area (Å²) < 4.78 is 0. The summed E-state index contributed by atoms with van der Waals surface area (Å²) in [6.07, 6.45) is 3.39. The van der Waals surface area contributed by atoms with Gasteiger partial charge in [0.15, 0.2) is 0 Å². The molecule has 0 spiro atoms. The second-order valence-electron chi connectivity index (χ2n) is 2.49. The molecule has 0 aliphatic heterocycles. The molecule has 0 rings (SSSR count). The first-order valence-electron chi connectivity index (χ1n) is 4.53. The zero-order valence-corrected chi connectivity index (χ0v) is 11.9. The van der Waals surface area contributed by atoms with Crippen LogP contribution in [0.2, 0.25) is 0 Å². The van der Waals surface area contributed by atoms with Gasteiger partial charge in [-0.25, -0.2) is 0 Å². The standard InChI is InChI=1S/C8H15NO.C2H6.Y/c1-7(6-9)4-3-5-8(2)10;1-2;/h5,7H,1,3-4,6,9H2,2H3;1-2H3;/q-2;;. The molecule has 0 amide bonds. The Balaban J connectivity index is -0.000000309. The molecule has 0 bridgehead atoms. The zero-order valence-electron chi connectivity index (χ0n) is 9.05. The number of carbonyl (C=O) groups is 1. The number of ketones is 1. The van der Waals surface area contributed by atoms with Crippen LogP contribution < -0.4 is 5.73 Å². The van der Waals surface area contributed by atoms with Crippen molar-refractivity contribution >= 4 is 5.78 Å². The Morgan fingerprint density at radius 3 is 2.31 bits per heavy atom. The van der Waals surface area contributed by atoms with Crippen LogP contribution in [-0.2, 0) is 37.5 Å². The van der Waals surface area contributed by atoms with Crippen LogP contribution in [0.5, 0.6) is 0 Å². The summed E-state index contributed by atoms with van der Waals surface area (Å²) in [7, 11) is 0. The van der Waals surface area contributed by atoms with Gasteiger partial charge in [-0.15, -0.1) is 6.42 Å². The summed E-state index contributed by atoms with van der Waals surface area (Å²) in [5, 5.41) is 0. The Bertz CT molecular complexity index is 107. The van der Waals surface area contributed by atoms with Crippen molar-refractivity contribution in [3.63, 3.8) is 0 Å². The SMILES string of the molecule is CC.[CH2-]C(CN)CC[CH-]C(C)=O.[Y]. The monoisotopic (exact) mass is 260 g/mol. The van der Waals surface area contributed by atoms with E-state index in [1.807, 2.05) is 13.8 Å². The molecule has 0 aliphatic rings. The second kappa shape index (κ2) is 15.1. The van der Waals surface area contributed by atoms with Gasteiger partial charge < -0.3 is 23.9 Å². The molecule has 0 aromatic rings. The van der Waals surface area contributed by atoms with Crippen LogP contribution in [-0.4, -0.2) is 12.3 Å². The number of nitrogens with two attached hydrogens (primary N) is 1. The summed E-state index contributed by atoms with van der Waals surface area (Å²) in [4.78, 5) is 10.4. The average molecular weight is 260 g/mol. The van der Waals surface area contributed by atoms with Gasteiger partial charge >= 0.3 is 0 Å². The predicted octanol–water partition coefficient (Wildman–Crippen LogP) is 1.99. The first-order valence-corrected chi connectivity index (χ1v) is 4.53. The molecule has 0 saturated carbocycles. The van der Waals surface area contributed by atoms with Gasteiger partial charge in [0.2, 0.25) is 0 Å². The number of rotatable bonds is 5. The van der Waals surface area contributed by atoms with Crippen LogP contribution in [0.25, 0.3) is 0 Å². The fourth-order valence-corrected chi connectivity index (χ4v) is 0.640. The topological polar surface area (TPSA) is 43.1 Å². The summed E-state index contributed by atoms with van der Waals surface area (Å²) in [6, 6.07) is 0. The van der Waals surface area contributed by atoms with E-state index in [9.17, 15) is 4.79 Å². The Labute approximate surface area is 108 Å². The first-order chi connectivity index (χ1) is 5.66. The first kappa shape index (κ1) is 19.2. The minimum absolute atomic E-state index is 0. The molecule has 0 saturated heterocycles. The maximum atomic E-state index is 10.4. The molecule has 13 heavy (non-hydrogen) atoms. The van der Waals surface area contributed by atoms with Gasteiger partial charge in [-0.2, -0.15) is 12.3 Å². The molecule has 0 fully saturated rings. The quantitative estimate of drug-likeness (QED) is 0.768. The van der Waals surface area contributed by atoms with Crippen LogP contribution in [0.3, 0.4) is 0 Å². The normalized spacial score (nSPS) is 10.2. The molecule has 1 atom stereocenters. The Kier molecular flexibility index (Phi) is 22.3. The molecule has 0 heterocycles. The van der Waals surface area contributed by atoms with Crippen LogP contribution in [0.15, 0.2) is 0 Å². The van der Waals surface area contributed by atoms with Crippen molar-refractivity contribution < 1.29 is 37.5 Å². The van der Waals surface area contributed by atoms with Crippen molar-refractivity contribution in [3.05, 3.63) is 13.3 Å². The fraction of sp³-hybridized carbons (Fsp3) is 0.700. The minimum Gasteiger partial charge on any atom is -0.339 e. The number of carbonyl (C=O) groups excluding carboxylic acids is 1. The molecule has 77 valence electrons. The van der Waals surface area contributed by atoms with Crippen LogP contribution in [0.1, 0.15) is 33.6 Å². The molecular weight excluding hydrogens is 239 g/mol. The van der Waals surface area contributed by atoms with Gasteiger partial charge in [-0.1, -0.05) is 13.8 Å². The van der Waals surface area contributed by atoms with Crippen molar-refractivity contribution in [2.75, 3.05) is 6.54 Å². The molecule has 0 aromatic carbocycles. The van der Waals surface area contributed by atoms with Crippen LogP contribution >= 0.6 is 0 Å².